The van der Waals surface area contributed by atoms with Crippen LogP contribution in [-0.2, 0) is 4.74 Å². The highest BCUT2D eigenvalue weighted by Crippen LogP contribution is 2.39. The third-order valence-electron chi connectivity index (χ3n) is 7.57. The Kier molecular flexibility index (Phi) is 5.73. The number of ether oxygens (including phenoxy) is 1. The molecule has 1 saturated carbocycles. The van der Waals surface area contributed by atoms with Gasteiger partial charge in [-0.2, -0.15) is 0 Å². The molecule has 3 fully saturated rings. The first-order valence-electron chi connectivity index (χ1n) is 11.8. The Labute approximate surface area is 170 Å². The fraction of sp³-hybridized carbons (Fsp3) is 0.680. The molecular formula is C25H36N2O. The summed E-state index contributed by atoms with van der Waals surface area (Å²) in [6.45, 7) is 1.87. The van der Waals surface area contributed by atoms with Gasteiger partial charge in [-0.1, -0.05) is 63.1 Å². The van der Waals surface area contributed by atoms with E-state index in [2.05, 4.69) is 46.0 Å². The van der Waals surface area contributed by atoms with Crippen molar-refractivity contribution in [1.82, 2.24) is 9.47 Å². The number of hydrogen-bond acceptors (Lipinski definition) is 2. The third kappa shape index (κ3) is 3.76. The normalized spacial score (nSPS) is 31.1. The summed E-state index contributed by atoms with van der Waals surface area (Å²) >= 11 is 0. The van der Waals surface area contributed by atoms with Gasteiger partial charge in [0.05, 0.1) is 13.2 Å². The van der Waals surface area contributed by atoms with Crippen LogP contribution in [0.2, 0.25) is 0 Å². The predicted octanol–water partition coefficient (Wildman–Crippen LogP) is 5.94. The number of piperidine rings is 1. The molecule has 1 aliphatic carbocycles. The minimum Gasteiger partial charge on any atom is -0.378 e. The van der Waals surface area contributed by atoms with Gasteiger partial charge in [0.15, 0.2) is 0 Å². The summed E-state index contributed by atoms with van der Waals surface area (Å²) < 4.78 is 8.62. The maximum atomic E-state index is 6.06. The molecule has 2 aliphatic heterocycles. The SMILES string of the molecule is c1ccc2c(c1)ccn2[C@H]1C[C@H]2COC[C@@H](C1)N2C1CCCCCCCCC1. The Morgan fingerprint density at radius 2 is 1.32 bits per heavy atom. The fourth-order valence-corrected chi connectivity index (χ4v) is 6.25. The molecule has 152 valence electrons. The van der Waals surface area contributed by atoms with Crippen molar-refractivity contribution < 1.29 is 4.74 Å². The second kappa shape index (κ2) is 8.59. The van der Waals surface area contributed by atoms with Gasteiger partial charge in [0.2, 0.25) is 0 Å². The van der Waals surface area contributed by atoms with E-state index in [-0.39, 0.29) is 0 Å². The van der Waals surface area contributed by atoms with E-state index >= 15 is 0 Å². The number of aromatic nitrogens is 1. The minimum absolute atomic E-state index is 0.603. The van der Waals surface area contributed by atoms with Gasteiger partial charge < -0.3 is 9.30 Å². The maximum absolute atomic E-state index is 6.06. The Bertz CT molecular complexity index is 745. The number of benzene rings is 1. The van der Waals surface area contributed by atoms with Crippen LogP contribution in [0, 0.1) is 0 Å². The van der Waals surface area contributed by atoms with Crippen LogP contribution in [-0.4, -0.2) is 40.8 Å². The van der Waals surface area contributed by atoms with Gasteiger partial charge >= 0.3 is 0 Å². The number of rotatable bonds is 2. The molecule has 3 heterocycles. The minimum atomic E-state index is 0.603. The van der Waals surface area contributed by atoms with Crippen LogP contribution in [0.5, 0.6) is 0 Å². The first-order chi connectivity index (χ1) is 13.9. The second-order valence-electron chi connectivity index (χ2n) is 9.41. The predicted molar refractivity (Wildman–Crippen MR) is 116 cm³/mol. The zero-order valence-electron chi connectivity index (χ0n) is 17.3. The largest absolute Gasteiger partial charge is 0.378 e. The van der Waals surface area contributed by atoms with Crippen molar-refractivity contribution in [2.75, 3.05) is 13.2 Å². The van der Waals surface area contributed by atoms with Gasteiger partial charge in [-0.15, -0.1) is 0 Å². The zero-order chi connectivity index (χ0) is 18.8. The van der Waals surface area contributed by atoms with Crippen molar-refractivity contribution >= 4 is 10.9 Å². The maximum Gasteiger partial charge on any atom is 0.0623 e. The fourth-order valence-electron chi connectivity index (χ4n) is 6.25. The van der Waals surface area contributed by atoms with Crippen LogP contribution in [0.3, 0.4) is 0 Å². The number of para-hydroxylation sites is 1. The van der Waals surface area contributed by atoms with E-state index in [0.717, 1.165) is 19.3 Å². The van der Waals surface area contributed by atoms with Crippen LogP contribution in [0.1, 0.15) is 76.7 Å². The van der Waals surface area contributed by atoms with E-state index in [9.17, 15) is 0 Å². The van der Waals surface area contributed by atoms with Crippen molar-refractivity contribution in [1.29, 1.82) is 0 Å². The van der Waals surface area contributed by atoms with Gasteiger partial charge in [0.25, 0.3) is 0 Å². The lowest BCUT2D eigenvalue weighted by atomic mass is 9.85. The molecule has 0 N–H and O–H groups in total. The van der Waals surface area contributed by atoms with E-state index in [0.29, 0.717) is 18.1 Å². The van der Waals surface area contributed by atoms with Crippen molar-refractivity contribution in [3.63, 3.8) is 0 Å². The summed E-state index contributed by atoms with van der Waals surface area (Å²) in [5.41, 5.74) is 1.40. The quantitative estimate of drug-likeness (QED) is 0.641. The van der Waals surface area contributed by atoms with Crippen LogP contribution in [0.4, 0.5) is 0 Å². The van der Waals surface area contributed by atoms with Crippen molar-refractivity contribution in [3.05, 3.63) is 36.5 Å². The number of hydrogen-bond donors (Lipinski definition) is 0. The van der Waals surface area contributed by atoms with Crippen molar-refractivity contribution in [2.45, 2.75) is 94.8 Å². The molecule has 2 saturated heterocycles. The first kappa shape index (κ1) is 18.7. The van der Waals surface area contributed by atoms with E-state index in [1.165, 1.54) is 81.5 Å². The van der Waals surface area contributed by atoms with Crippen LogP contribution < -0.4 is 0 Å². The standard InChI is InChI=1S/C25H36N2O/c1-2-4-6-11-21(12-7-5-3-1)27-23-16-22(17-24(27)19-28-18-23)26-15-14-20-10-8-9-13-25(20)26/h8-10,13-15,21-24H,1-7,11-12,16-19H2/t22-,23-,24+. The Hall–Kier alpha value is -1.32. The lowest BCUT2D eigenvalue weighted by Crippen LogP contribution is -2.60. The highest BCUT2D eigenvalue weighted by Gasteiger charge is 2.42. The van der Waals surface area contributed by atoms with Crippen LogP contribution in [0.15, 0.2) is 36.5 Å². The Morgan fingerprint density at radius 3 is 2.04 bits per heavy atom. The Morgan fingerprint density at radius 1 is 0.679 bits per heavy atom. The summed E-state index contributed by atoms with van der Waals surface area (Å²) in [5.74, 6) is 0. The molecule has 0 radical (unpaired) electrons. The molecule has 3 atom stereocenters. The Balaban J connectivity index is 1.34. The number of fused-ring (bicyclic) bond motifs is 3. The van der Waals surface area contributed by atoms with E-state index in [1.807, 2.05) is 0 Å². The second-order valence-corrected chi connectivity index (χ2v) is 9.41. The van der Waals surface area contributed by atoms with Crippen molar-refractivity contribution in [3.8, 4) is 0 Å². The molecule has 28 heavy (non-hydrogen) atoms. The average Bonchev–Trinajstić information content (AvgIpc) is 3.15. The smallest absolute Gasteiger partial charge is 0.0623 e. The molecule has 2 aromatic rings. The summed E-state index contributed by atoms with van der Waals surface area (Å²) in [7, 11) is 0. The molecule has 3 aliphatic rings. The molecule has 0 unspecified atom stereocenters. The molecule has 3 heteroatoms. The van der Waals surface area contributed by atoms with Gasteiger partial charge in [0, 0.05) is 35.9 Å². The molecule has 0 spiro atoms. The highest BCUT2D eigenvalue weighted by molar-refractivity contribution is 5.80. The molecule has 1 aromatic heterocycles. The van der Waals surface area contributed by atoms with Gasteiger partial charge in [-0.05, 0) is 43.2 Å². The first-order valence-corrected chi connectivity index (χ1v) is 11.8. The lowest BCUT2D eigenvalue weighted by Gasteiger charge is -2.52. The topological polar surface area (TPSA) is 17.4 Å². The number of morpholine rings is 1. The summed E-state index contributed by atoms with van der Waals surface area (Å²) in [5, 5.41) is 1.37. The summed E-state index contributed by atoms with van der Waals surface area (Å²) in [6.07, 6.45) is 17.7. The lowest BCUT2D eigenvalue weighted by molar-refractivity contribution is -0.107. The zero-order valence-corrected chi connectivity index (χ0v) is 17.3. The monoisotopic (exact) mass is 380 g/mol. The van der Waals surface area contributed by atoms with E-state index in [4.69, 9.17) is 4.74 Å². The average molecular weight is 381 g/mol. The van der Waals surface area contributed by atoms with Gasteiger partial charge in [0.1, 0.15) is 0 Å². The van der Waals surface area contributed by atoms with Crippen LogP contribution >= 0.6 is 0 Å². The van der Waals surface area contributed by atoms with E-state index in [1.54, 1.807) is 0 Å². The molecular weight excluding hydrogens is 344 g/mol. The van der Waals surface area contributed by atoms with Gasteiger partial charge in [-0.25, -0.2) is 0 Å². The molecule has 0 amide bonds. The number of nitrogens with zero attached hydrogens (tertiary/aromatic N) is 2. The van der Waals surface area contributed by atoms with Crippen molar-refractivity contribution in [2.24, 2.45) is 0 Å². The van der Waals surface area contributed by atoms with E-state index < -0.39 is 0 Å². The summed E-state index contributed by atoms with van der Waals surface area (Å²) in [6, 6.07) is 13.8. The summed E-state index contributed by atoms with van der Waals surface area (Å²) in [4.78, 5) is 2.94. The van der Waals surface area contributed by atoms with Gasteiger partial charge in [-0.3, -0.25) is 4.90 Å². The molecule has 3 nitrogen and oxygen atoms in total. The molecule has 1 aromatic carbocycles. The third-order valence-corrected chi connectivity index (χ3v) is 7.57. The highest BCUT2D eigenvalue weighted by atomic mass is 16.5. The molecule has 2 bridgehead atoms. The van der Waals surface area contributed by atoms with Crippen LogP contribution in [0.25, 0.3) is 10.9 Å². The molecule has 5 rings (SSSR count).